The summed E-state index contributed by atoms with van der Waals surface area (Å²) in [5.74, 6) is -0.422. The van der Waals surface area contributed by atoms with Crippen LogP contribution < -0.4 is 0 Å². The van der Waals surface area contributed by atoms with E-state index in [4.69, 9.17) is 0 Å². The van der Waals surface area contributed by atoms with Crippen molar-refractivity contribution in [3.8, 4) is 0 Å². The van der Waals surface area contributed by atoms with E-state index in [1.165, 1.54) is 24.7 Å². The van der Waals surface area contributed by atoms with Crippen LogP contribution in [0.4, 0.5) is 0 Å². The zero-order valence-electron chi connectivity index (χ0n) is 9.89. The standard InChI is InChI=1S/C10H16N2O3S/c1-5-12-8(6-7-11-12)9(13)10(2,3)16(4,14)15/h6-7H,5H2,1-4H3. The van der Waals surface area contributed by atoms with Gasteiger partial charge in [0, 0.05) is 19.0 Å². The van der Waals surface area contributed by atoms with Crippen molar-refractivity contribution in [1.82, 2.24) is 9.78 Å². The van der Waals surface area contributed by atoms with Crippen molar-refractivity contribution in [3.05, 3.63) is 18.0 Å². The van der Waals surface area contributed by atoms with Crippen LogP contribution in [0.25, 0.3) is 0 Å². The lowest BCUT2D eigenvalue weighted by Crippen LogP contribution is -2.41. The van der Waals surface area contributed by atoms with E-state index in [2.05, 4.69) is 5.10 Å². The van der Waals surface area contributed by atoms with E-state index in [0.29, 0.717) is 12.2 Å². The summed E-state index contributed by atoms with van der Waals surface area (Å²) in [4.78, 5) is 12.1. The molecule has 0 radical (unpaired) electrons. The number of hydrogen-bond donors (Lipinski definition) is 0. The molecular weight excluding hydrogens is 228 g/mol. The van der Waals surface area contributed by atoms with E-state index >= 15 is 0 Å². The molecule has 0 aromatic carbocycles. The van der Waals surface area contributed by atoms with Gasteiger partial charge in [-0.15, -0.1) is 0 Å². The van der Waals surface area contributed by atoms with E-state index in [0.717, 1.165) is 6.26 Å². The van der Waals surface area contributed by atoms with Gasteiger partial charge >= 0.3 is 0 Å². The van der Waals surface area contributed by atoms with Gasteiger partial charge in [0.25, 0.3) is 0 Å². The second-order valence-corrected chi connectivity index (χ2v) is 6.71. The third-order valence-corrected chi connectivity index (χ3v) is 4.76. The summed E-state index contributed by atoms with van der Waals surface area (Å²) in [7, 11) is -3.44. The van der Waals surface area contributed by atoms with Crippen LogP contribution >= 0.6 is 0 Å². The smallest absolute Gasteiger partial charge is 0.201 e. The minimum absolute atomic E-state index is 0.331. The highest BCUT2D eigenvalue weighted by molar-refractivity contribution is 7.92. The summed E-state index contributed by atoms with van der Waals surface area (Å²) in [6, 6.07) is 1.54. The molecule has 90 valence electrons. The van der Waals surface area contributed by atoms with Gasteiger partial charge in [0.05, 0.1) is 0 Å². The van der Waals surface area contributed by atoms with Crippen molar-refractivity contribution in [1.29, 1.82) is 0 Å². The molecule has 0 saturated heterocycles. The third-order valence-electron chi connectivity index (χ3n) is 2.72. The van der Waals surface area contributed by atoms with Crippen molar-refractivity contribution in [2.24, 2.45) is 0 Å². The Bertz CT molecular complexity index is 500. The van der Waals surface area contributed by atoms with Gasteiger partial charge in [0.1, 0.15) is 10.4 Å². The second-order valence-electron chi connectivity index (χ2n) is 4.14. The highest BCUT2D eigenvalue weighted by Crippen LogP contribution is 2.21. The maximum absolute atomic E-state index is 12.1. The Labute approximate surface area is 95.4 Å². The van der Waals surface area contributed by atoms with E-state index in [1.54, 1.807) is 6.07 Å². The van der Waals surface area contributed by atoms with Gasteiger partial charge in [-0.2, -0.15) is 5.10 Å². The Morgan fingerprint density at radius 2 is 2.06 bits per heavy atom. The molecule has 0 aliphatic rings. The molecule has 0 spiro atoms. The van der Waals surface area contributed by atoms with Crippen molar-refractivity contribution in [2.45, 2.75) is 32.1 Å². The summed E-state index contributed by atoms with van der Waals surface area (Å²) in [5, 5.41) is 3.95. The second kappa shape index (κ2) is 4.01. The number of carbonyl (C=O) groups excluding carboxylic acids is 1. The molecule has 1 aromatic heterocycles. The molecule has 1 heterocycles. The Morgan fingerprint density at radius 1 is 1.50 bits per heavy atom. The molecular formula is C10H16N2O3S. The number of nitrogens with zero attached hydrogens (tertiary/aromatic N) is 2. The fraction of sp³-hybridized carbons (Fsp3) is 0.600. The van der Waals surface area contributed by atoms with Crippen LogP contribution in [0.5, 0.6) is 0 Å². The van der Waals surface area contributed by atoms with Crippen molar-refractivity contribution in [3.63, 3.8) is 0 Å². The number of carbonyl (C=O) groups is 1. The Kier molecular flexibility index (Phi) is 3.23. The number of aryl methyl sites for hydroxylation is 1. The number of rotatable bonds is 4. The summed E-state index contributed by atoms with van der Waals surface area (Å²) >= 11 is 0. The first-order chi connectivity index (χ1) is 7.21. The van der Waals surface area contributed by atoms with Crippen LogP contribution in [0.2, 0.25) is 0 Å². The van der Waals surface area contributed by atoms with Crippen LogP contribution in [-0.4, -0.2) is 35.0 Å². The topological polar surface area (TPSA) is 69.0 Å². The first-order valence-corrected chi connectivity index (χ1v) is 6.87. The monoisotopic (exact) mass is 244 g/mol. The maximum atomic E-state index is 12.1. The molecule has 0 fully saturated rings. The predicted octanol–water partition coefficient (Wildman–Crippen LogP) is 0.909. The minimum atomic E-state index is -3.44. The van der Waals surface area contributed by atoms with E-state index in [1.807, 2.05) is 6.92 Å². The number of aromatic nitrogens is 2. The highest BCUT2D eigenvalue weighted by Gasteiger charge is 2.40. The molecule has 5 nitrogen and oxygen atoms in total. The van der Waals surface area contributed by atoms with Gasteiger partial charge in [0.2, 0.25) is 5.78 Å². The number of Topliss-reactive ketones (excluding diaryl/α,β-unsaturated/α-hetero) is 1. The molecule has 0 amide bonds. The van der Waals surface area contributed by atoms with Crippen molar-refractivity contribution >= 4 is 15.6 Å². The lowest BCUT2D eigenvalue weighted by Gasteiger charge is -2.20. The number of hydrogen-bond acceptors (Lipinski definition) is 4. The zero-order valence-corrected chi connectivity index (χ0v) is 10.7. The summed E-state index contributed by atoms with van der Waals surface area (Å²) in [6.07, 6.45) is 2.56. The van der Waals surface area contributed by atoms with Gasteiger partial charge in [-0.05, 0) is 26.8 Å². The molecule has 0 atom stereocenters. The van der Waals surface area contributed by atoms with E-state index < -0.39 is 20.4 Å². The number of sulfone groups is 1. The largest absolute Gasteiger partial charge is 0.291 e. The molecule has 0 bridgehead atoms. The summed E-state index contributed by atoms with van der Waals surface area (Å²) in [5.41, 5.74) is 0.331. The zero-order chi connectivity index (χ0) is 12.6. The quantitative estimate of drug-likeness (QED) is 0.738. The average molecular weight is 244 g/mol. The van der Waals surface area contributed by atoms with Gasteiger partial charge in [-0.1, -0.05) is 0 Å². The molecule has 1 aromatic rings. The van der Waals surface area contributed by atoms with Crippen molar-refractivity contribution < 1.29 is 13.2 Å². The Hall–Kier alpha value is -1.17. The lowest BCUT2D eigenvalue weighted by atomic mass is 10.1. The average Bonchev–Trinajstić information content (AvgIpc) is 2.62. The highest BCUT2D eigenvalue weighted by atomic mass is 32.2. The van der Waals surface area contributed by atoms with Gasteiger partial charge in [-0.3, -0.25) is 9.48 Å². The maximum Gasteiger partial charge on any atom is 0.201 e. The Balaban J connectivity index is 3.23. The van der Waals surface area contributed by atoms with Crippen molar-refractivity contribution in [2.75, 3.05) is 6.26 Å². The molecule has 6 heteroatoms. The van der Waals surface area contributed by atoms with Gasteiger partial charge in [-0.25, -0.2) is 8.42 Å². The number of ketones is 1. The van der Waals surface area contributed by atoms with E-state index in [9.17, 15) is 13.2 Å². The molecule has 0 aliphatic heterocycles. The van der Waals surface area contributed by atoms with Gasteiger partial charge < -0.3 is 0 Å². The van der Waals surface area contributed by atoms with Crippen LogP contribution in [0.15, 0.2) is 12.3 Å². The lowest BCUT2D eigenvalue weighted by molar-refractivity contribution is 0.0943. The molecule has 16 heavy (non-hydrogen) atoms. The summed E-state index contributed by atoms with van der Waals surface area (Å²) in [6.45, 7) is 5.21. The fourth-order valence-corrected chi connectivity index (χ4v) is 1.70. The molecule has 0 unspecified atom stereocenters. The third kappa shape index (κ3) is 2.02. The van der Waals surface area contributed by atoms with Crippen LogP contribution in [0, 0.1) is 0 Å². The normalized spacial score (nSPS) is 12.8. The molecule has 0 N–H and O–H groups in total. The Morgan fingerprint density at radius 3 is 2.50 bits per heavy atom. The minimum Gasteiger partial charge on any atom is -0.291 e. The molecule has 0 saturated carbocycles. The first-order valence-electron chi connectivity index (χ1n) is 4.98. The van der Waals surface area contributed by atoms with Crippen LogP contribution in [0.3, 0.4) is 0 Å². The van der Waals surface area contributed by atoms with Crippen LogP contribution in [0.1, 0.15) is 31.3 Å². The predicted molar refractivity (Wildman–Crippen MR) is 61.2 cm³/mol. The van der Waals surface area contributed by atoms with Crippen LogP contribution in [-0.2, 0) is 16.4 Å². The first kappa shape index (κ1) is 12.9. The van der Waals surface area contributed by atoms with E-state index in [-0.39, 0.29) is 0 Å². The molecule has 0 aliphatic carbocycles. The summed E-state index contributed by atoms with van der Waals surface area (Å²) < 4.78 is 23.2. The fourth-order valence-electron chi connectivity index (χ4n) is 1.25. The van der Waals surface area contributed by atoms with Gasteiger partial charge in [0.15, 0.2) is 9.84 Å². The molecule has 1 rings (SSSR count). The SMILES string of the molecule is CCn1nccc1C(=O)C(C)(C)S(C)(=O)=O.